The van der Waals surface area contributed by atoms with Crippen LogP contribution in [-0.2, 0) is 0 Å². The number of halogens is 1. The molecule has 0 aliphatic carbocycles. The lowest BCUT2D eigenvalue weighted by Crippen LogP contribution is -1.96. The number of benzene rings is 1. The molecule has 3 aromatic rings. The Labute approximate surface area is 120 Å². The molecule has 0 saturated heterocycles. The van der Waals surface area contributed by atoms with E-state index in [2.05, 4.69) is 10.1 Å². The van der Waals surface area contributed by atoms with Crippen LogP contribution in [0.15, 0.2) is 36.4 Å². The van der Waals surface area contributed by atoms with E-state index < -0.39 is 0 Å². The van der Waals surface area contributed by atoms with Crippen molar-refractivity contribution in [2.75, 3.05) is 14.2 Å². The molecule has 0 aliphatic rings. The molecule has 1 aromatic carbocycles. The molecule has 2 heterocycles. The largest absolute Gasteiger partial charge is 0.496 e. The molecular formula is C14H12ClN3O2. The Bertz CT molecular complexity index is 770. The fraction of sp³-hybridized carbons (Fsp3) is 0.143. The normalized spacial score (nSPS) is 10.8. The third kappa shape index (κ3) is 1.96. The minimum atomic E-state index is 0.375. The lowest BCUT2D eigenvalue weighted by atomic mass is 10.1. The quantitative estimate of drug-likeness (QED) is 0.743. The van der Waals surface area contributed by atoms with Crippen LogP contribution in [0.25, 0.3) is 16.9 Å². The van der Waals surface area contributed by atoms with Crippen LogP contribution in [0.3, 0.4) is 0 Å². The van der Waals surface area contributed by atoms with Crippen molar-refractivity contribution < 1.29 is 9.47 Å². The minimum Gasteiger partial charge on any atom is -0.496 e. The first kappa shape index (κ1) is 12.7. The van der Waals surface area contributed by atoms with E-state index in [-0.39, 0.29) is 0 Å². The Hall–Kier alpha value is -2.27. The first-order chi connectivity index (χ1) is 9.74. The van der Waals surface area contributed by atoms with Crippen LogP contribution in [0.5, 0.6) is 11.6 Å². The van der Waals surface area contributed by atoms with Gasteiger partial charge in [0.1, 0.15) is 16.6 Å². The number of ether oxygens (including phenoxy) is 2. The van der Waals surface area contributed by atoms with Gasteiger partial charge in [-0.25, -0.2) is 4.98 Å². The van der Waals surface area contributed by atoms with Gasteiger partial charge in [0.15, 0.2) is 5.65 Å². The Balaban J connectivity index is 2.30. The third-order valence-corrected chi connectivity index (χ3v) is 3.16. The Morgan fingerprint density at radius 3 is 2.60 bits per heavy atom. The molecule has 0 spiro atoms. The number of aromatic nitrogens is 3. The lowest BCUT2D eigenvalue weighted by Gasteiger charge is -2.07. The number of imidazole rings is 1. The molecule has 2 aromatic heterocycles. The third-order valence-electron chi connectivity index (χ3n) is 2.96. The summed E-state index contributed by atoms with van der Waals surface area (Å²) in [5.74, 6) is 1.24. The fourth-order valence-electron chi connectivity index (χ4n) is 2.09. The summed E-state index contributed by atoms with van der Waals surface area (Å²) in [6.45, 7) is 0. The SMILES string of the molecule is COc1ccccc1-c1nc2ccc(Cl)nn2c1OC. The number of para-hydroxylation sites is 1. The van der Waals surface area contributed by atoms with E-state index in [1.54, 1.807) is 30.9 Å². The van der Waals surface area contributed by atoms with E-state index in [4.69, 9.17) is 21.1 Å². The lowest BCUT2D eigenvalue weighted by molar-refractivity contribution is 0.387. The van der Waals surface area contributed by atoms with Crippen molar-refractivity contribution in [2.45, 2.75) is 0 Å². The zero-order valence-corrected chi connectivity index (χ0v) is 11.8. The Kier molecular flexibility index (Phi) is 3.20. The molecule has 102 valence electrons. The summed E-state index contributed by atoms with van der Waals surface area (Å²) < 4.78 is 12.4. The van der Waals surface area contributed by atoms with E-state index in [0.29, 0.717) is 22.4 Å². The monoisotopic (exact) mass is 289 g/mol. The minimum absolute atomic E-state index is 0.375. The van der Waals surface area contributed by atoms with Gasteiger partial charge in [-0.05, 0) is 24.3 Å². The number of hydrogen-bond donors (Lipinski definition) is 0. The first-order valence-corrected chi connectivity index (χ1v) is 6.35. The van der Waals surface area contributed by atoms with Crippen LogP contribution in [0, 0.1) is 0 Å². The van der Waals surface area contributed by atoms with Gasteiger partial charge in [-0.15, -0.1) is 0 Å². The molecule has 0 bridgehead atoms. The van der Waals surface area contributed by atoms with Crippen LogP contribution >= 0.6 is 11.6 Å². The maximum absolute atomic E-state index is 5.92. The van der Waals surface area contributed by atoms with Crippen molar-refractivity contribution in [3.63, 3.8) is 0 Å². The van der Waals surface area contributed by atoms with Gasteiger partial charge in [-0.2, -0.15) is 9.61 Å². The molecule has 20 heavy (non-hydrogen) atoms. The summed E-state index contributed by atoms with van der Waals surface area (Å²) in [6.07, 6.45) is 0. The van der Waals surface area contributed by atoms with E-state index in [0.717, 1.165) is 11.3 Å². The maximum atomic E-state index is 5.92. The number of nitrogens with zero attached hydrogens (tertiary/aromatic N) is 3. The second-order valence-corrected chi connectivity index (χ2v) is 4.48. The van der Waals surface area contributed by atoms with Gasteiger partial charge < -0.3 is 9.47 Å². The van der Waals surface area contributed by atoms with Crippen molar-refractivity contribution >= 4 is 17.2 Å². The van der Waals surface area contributed by atoms with Crippen molar-refractivity contribution in [3.05, 3.63) is 41.6 Å². The average molecular weight is 290 g/mol. The van der Waals surface area contributed by atoms with Crippen LogP contribution in [0.4, 0.5) is 0 Å². The predicted octanol–water partition coefficient (Wildman–Crippen LogP) is 3.07. The molecular weight excluding hydrogens is 278 g/mol. The number of rotatable bonds is 3. The first-order valence-electron chi connectivity index (χ1n) is 5.97. The molecule has 0 atom stereocenters. The molecule has 0 N–H and O–H groups in total. The van der Waals surface area contributed by atoms with E-state index in [9.17, 15) is 0 Å². The van der Waals surface area contributed by atoms with Crippen molar-refractivity contribution in [1.29, 1.82) is 0 Å². The van der Waals surface area contributed by atoms with Gasteiger partial charge in [0.2, 0.25) is 5.88 Å². The number of fused-ring (bicyclic) bond motifs is 1. The summed E-state index contributed by atoms with van der Waals surface area (Å²) in [7, 11) is 3.20. The molecule has 0 fully saturated rings. The molecule has 0 radical (unpaired) electrons. The number of methoxy groups -OCH3 is 2. The summed E-state index contributed by atoms with van der Waals surface area (Å²) in [5, 5.41) is 4.58. The van der Waals surface area contributed by atoms with Gasteiger partial charge in [-0.3, -0.25) is 0 Å². The summed E-state index contributed by atoms with van der Waals surface area (Å²) >= 11 is 5.92. The number of hydrogen-bond acceptors (Lipinski definition) is 4. The van der Waals surface area contributed by atoms with Gasteiger partial charge >= 0.3 is 0 Å². The molecule has 3 rings (SSSR count). The van der Waals surface area contributed by atoms with E-state index >= 15 is 0 Å². The van der Waals surface area contributed by atoms with Gasteiger partial charge in [0, 0.05) is 5.56 Å². The van der Waals surface area contributed by atoms with E-state index in [1.807, 2.05) is 24.3 Å². The predicted molar refractivity (Wildman–Crippen MR) is 76.5 cm³/mol. The second kappa shape index (κ2) is 5.02. The summed E-state index contributed by atoms with van der Waals surface area (Å²) in [6, 6.07) is 11.1. The van der Waals surface area contributed by atoms with Crippen LogP contribution in [-0.4, -0.2) is 28.8 Å². The Morgan fingerprint density at radius 2 is 1.85 bits per heavy atom. The summed E-state index contributed by atoms with van der Waals surface area (Å²) in [4.78, 5) is 4.54. The van der Waals surface area contributed by atoms with Gasteiger partial charge in [0.05, 0.1) is 14.2 Å². The molecule has 6 heteroatoms. The molecule has 0 saturated carbocycles. The van der Waals surface area contributed by atoms with Crippen molar-refractivity contribution in [2.24, 2.45) is 0 Å². The smallest absolute Gasteiger partial charge is 0.243 e. The van der Waals surface area contributed by atoms with Crippen LogP contribution in [0.1, 0.15) is 0 Å². The zero-order valence-electron chi connectivity index (χ0n) is 11.0. The summed E-state index contributed by atoms with van der Waals surface area (Å²) in [5.41, 5.74) is 2.17. The topological polar surface area (TPSA) is 48.7 Å². The standard InChI is InChI=1S/C14H12ClN3O2/c1-19-10-6-4-3-5-9(10)13-14(20-2)18-12(16-13)8-7-11(15)17-18/h3-8H,1-2H3. The highest BCUT2D eigenvalue weighted by molar-refractivity contribution is 6.29. The van der Waals surface area contributed by atoms with Crippen LogP contribution in [0.2, 0.25) is 5.15 Å². The zero-order chi connectivity index (χ0) is 14.1. The second-order valence-electron chi connectivity index (χ2n) is 4.10. The highest BCUT2D eigenvalue weighted by atomic mass is 35.5. The molecule has 0 aliphatic heterocycles. The van der Waals surface area contributed by atoms with Crippen molar-refractivity contribution in [1.82, 2.24) is 14.6 Å². The molecule has 0 unspecified atom stereocenters. The highest BCUT2D eigenvalue weighted by Gasteiger charge is 2.18. The van der Waals surface area contributed by atoms with Crippen molar-refractivity contribution in [3.8, 4) is 22.9 Å². The highest BCUT2D eigenvalue weighted by Crippen LogP contribution is 2.35. The molecule has 0 amide bonds. The fourth-order valence-corrected chi connectivity index (χ4v) is 2.23. The van der Waals surface area contributed by atoms with Gasteiger partial charge in [0.25, 0.3) is 0 Å². The van der Waals surface area contributed by atoms with E-state index in [1.165, 1.54) is 0 Å². The van der Waals surface area contributed by atoms with Gasteiger partial charge in [-0.1, -0.05) is 23.7 Å². The molecule has 5 nitrogen and oxygen atoms in total. The van der Waals surface area contributed by atoms with Crippen LogP contribution < -0.4 is 9.47 Å². The Morgan fingerprint density at radius 1 is 1.05 bits per heavy atom. The maximum Gasteiger partial charge on any atom is 0.243 e. The average Bonchev–Trinajstić information content (AvgIpc) is 2.84.